The van der Waals surface area contributed by atoms with E-state index in [0.29, 0.717) is 17.4 Å². The second-order valence-electron chi connectivity index (χ2n) is 5.79. The molecule has 0 bridgehead atoms. The topological polar surface area (TPSA) is 50.9 Å². The molecule has 4 nitrogen and oxygen atoms in total. The molecule has 0 amide bonds. The zero-order valence-corrected chi connectivity index (χ0v) is 12.8. The molecule has 110 valence electrons. The summed E-state index contributed by atoms with van der Waals surface area (Å²) in [7, 11) is 0. The lowest BCUT2D eigenvalue weighted by molar-refractivity contribution is 0.454. The van der Waals surface area contributed by atoms with E-state index in [-0.39, 0.29) is 0 Å². The predicted molar refractivity (Wildman–Crippen MR) is 83.0 cm³/mol. The molecule has 0 radical (unpaired) electrons. The lowest BCUT2D eigenvalue weighted by atomic mass is 9.95. The van der Waals surface area contributed by atoms with Gasteiger partial charge in [-0.2, -0.15) is 10.2 Å². The number of allylic oxidation sites excluding steroid dienone is 2. The Morgan fingerprint density at radius 2 is 1.81 bits per heavy atom. The molecule has 1 aliphatic carbocycles. The Morgan fingerprint density at radius 1 is 1.19 bits per heavy atom. The van der Waals surface area contributed by atoms with Gasteiger partial charge in [0.1, 0.15) is 11.4 Å². The maximum Gasteiger partial charge on any atom is 0.146 e. The van der Waals surface area contributed by atoms with Gasteiger partial charge in [-0.15, -0.1) is 4.80 Å². The molecule has 1 atom stereocenters. The summed E-state index contributed by atoms with van der Waals surface area (Å²) in [6, 6.07) is 4.00. The quantitative estimate of drug-likeness (QED) is 0.878. The summed E-state index contributed by atoms with van der Waals surface area (Å²) < 4.78 is 0. The first-order chi connectivity index (χ1) is 10.1. The van der Waals surface area contributed by atoms with E-state index in [1.165, 1.54) is 0 Å². The summed E-state index contributed by atoms with van der Waals surface area (Å²) in [6.07, 6.45) is 6.85. The smallest absolute Gasteiger partial charge is 0.146 e. The van der Waals surface area contributed by atoms with Gasteiger partial charge in [-0.25, -0.2) is 0 Å². The van der Waals surface area contributed by atoms with Gasteiger partial charge in [0.25, 0.3) is 0 Å². The molecule has 3 rings (SSSR count). The number of aromatic nitrogens is 3. The maximum atomic E-state index is 10.6. The molecule has 0 fully saturated rings. The molecule has 2 aromatic rings. The average Bonchev–Trinajstić information content (AvgIpc) is 2.92. The van der Waals surface area contributed by atoms with Crippen LogP contribution in [-0.4, -0.2) is 20.1 Å². The SMILES string of the molecule is CCC(C)c1cc(C)cc(-n2nc3c(n2)CC=CC3)c1O. The van der Waals surface area contributed by atoms with E-state index < -0.39 is 0 Å². The van der Waals surface area contributed by atoms with E-state index in [4.69, 9.17) is 0 Å². The van der Waals surface area contributed by atoms with Crippen LogP contribution in [0.3, 0.4) is 0 Å². The standard InChI is InChI=1S/C17H21N3O/c1-4-12(3)13-9-11(2)10-16(17(13)21)20-18-14-7-5-6-8-15(14)19-20/h5-6,9-10,12,21H,4,7-8H2,1-3H3. The fourth-order valence-corrected chi connectivity index (χ4v) is 2.72. The van der Waals surface area contributed by atoms with Gasteiger partial charge in [0.05, 0.1) is 11.4 Å². The third-order valence-electron chi connectivity index (χ3n) is 4.18. The maximum absolute atomic E-state index is 10.6. The fourth-order valence-electron chi connectivity index (χ4n) is 2.72. The van der Waals surface area contributed by atoms with Gasteiger partial charge in [0, 0.05) is 12.8 Å². The third kappa shape index (κ3) is 2.46. The fraction of sp³-hybridized carbons (Fsp3) is 0.412. The largest absolute Gasteiger partial charge is 0.505 e. The van der Waals surface area contributed by atoms with Crippen molar-refractivity contribution in [2.75, 3.05) is 0 Å². The molecule has 0 spiro atoms. The number of aryl methyl sites for hydroxylation is 1. The molecule has 1 unspecified atom stereocenters. The van der Waals surface area contributed by atoms with E-state index in [0.717, 1.165) is 41.8 Å². The minimum absolute atomic E-state index is 0.301. The Labute approximate surface area is 125 Å². The van der Waals surface area contributed by atoms with Crippen LogP contribution in [0, 0.1) is 6.92 Å². The summed E-state index contributed by atoms with van der Waals surface area (Å²) in [5, 5.41) is 19.7. The lowest BCUT2D eigenvalue weighted by Gasteiger charge is -2.15. The predicted octanol–water partition coefficient (Wildman–Crippen LogP) is 3.45. The molecule has 0 saturated heterocycles. The van der Waals surface area contributed by atoms with Gasteiger partial charge < -0.3 is 5.11 Å². The van der Waals surface area contributed by atoms with Gasteiger partial charge in [-0.1, -0.05) is 32.1 Å². The molecule has 0 aliphatic heterocycles. The Balaban J connectivity index is 2.10. The first-order valence-corrected chi connectivity index (χ1v) is 7.54. The van der Waals surface area contributed by atoms with Crippen molar-refractivity contribution in [1.82, 2.24) is 15.0 Å². The van der Waals surface area contributed by atoms with Crippen LogP contribution >= 0.6 is 0 Å². The summed E-state index contributed by atoms with van der Waals surface area (Å²) in [6.45, 7) is 6.30. The van der Waals surface area contributed by atoms with Crippen LogP contribution in [0.25, 0.3) is 5.69 Å². The van der Waals surface area contributed by atoms with E-state index in [1.54, 1.807) is 4.80 Å². The van der Waals surface area contributed by atoms with E-state index in [1.807, 2.05) is 13.0 Å². The molecular weight excluding hydrogens is 262 g/mol. The molecule has 1 aromatic carbocycles. The molecule has 4 heteroatoms. The second-order valence-corrected chi connectivity index (χ2v) is 5.79. The molecule has 1 heterocycles. The highest BCUT2D eigenvalue weighted by Crippen LogP contribution is 2.34. The van der Waals surface area contributed by atoms with Crippen molar-refractivity contribution in [3.8, 4) is 11.4 Å². The molecule has 1 aromatic heterocycles. The summed E-state index contributed by atoms with van der Waals surface area (Å²) in [4.78, 5) is 1.59. The number of phenolic OH excluding ortho intramolecular Hbond substituents is 1. The highest BCUT2D eigenvalue weighted by molar-refractivity contribution is 5.53. The van der Waals surface area contributed by atoms with Crippen LogP contribution in [0.2, 0.25) is 0 Å². The van der Waals surface area contributed by atoms with Crippen LogP contribution in [0.5, 0.6) is 5.75 Å². The number of phenols is 1. The summed E-state index contributed by atoms with van der Waals surface area (Å²) in [5.74, 6) is 0.616. The molecular formula is C17H21N3O. The molecule has 21 heavy (non-hydrogen) atoms. The average molecular weight is 283 g/mol. The third-order valence-corrected chi connectivity index (χ3v) is 4.18. The van der Waals surface area contributed by atoms with Crippen molar-refractivity contribution in [3.05, 3.63) is 46.8 Å². The van der Waals surface area contributed by atoms with Crippen molar-refractivity contribution in [3.63, 3.8) is 0 Å². The van der Waals surface area contributed by atoms with Gasteiger partial charge >= 0.3 is 0 Å². The Bertz CT molecular complexity index is 675. The van der Waals surface area contributed by atoms with E-state index in [9.17, 15) is 5.11 Å². The Kier molecular flexibility index (Phi) is 3.53. The Hall–Kier alpha value is -2.10. The van der Waals surface area contributed by atoms with Gasteiger partial charge in [-0.05, 0) is 36.5 Å². The van der Waals surface area contributed by atoms with Gasteiger partial charge in [-0.3, -0.25) is 0 Å². The van der Waals surface area contributed by atoms with Crippen LogP contribution < -0.4 is 0 Å². The minimum Gasteiger partial charge on any atom is -0.505 e. The van der Waals surface area contributed by atoms with Crippen molar-refractivity contribution >= 4 is 0 Å². The van der Waals surface area contributed by atoms with Crippen molar-refractivity contribution < 1.29 is 5.11 Å². The number of aromatic hydroxyl groups is 1. The lowest BCUT2D eigenvalue weighted by Crippen LogP contribution is -2.04. The molecule has 1 aliphatic rings. The zero-order valence-electron chi connectivity index (χ0n) is 12.8. The summed E-state index contributed by atoms with van der Waals surface area (Å²) in [5.41, 5.74) is 4.78. The van der Waals surface area contributed by atoms with Crippen LogP contribution in [0.15, 0.2) is 24.3 Å². The highest BCUT2D eigenvalue weighted by atomic mass is 16.3. The van der Waals surface area contributed by atoms with Crippen LogP contribution in [-0.2, 0) is 12.8 Å². The summed E-state index contributed by atoms with van der Waals surface area (Å²) >= 11 is 0. The van der Waals surface area contributed by atoms with Crippen LogP contribution in [0.1, 0.15) is 48.7 Å². The second kappa shape index (κ2) is 5.35. The van der Waals surface area contributed by atoms with Gasteiger partial charge in [0.15, 0.2) is 0 Å². The number of nitrogens with zero attached hydrogens (tertiary/aromatic N) is 3. The molecule has 1 N–H and O–H groups in total. The minimum atomic E-state index is 0.301. The van der Waals surface area contributed by atoms with E-state index in [2.05, 4.69) is 42.3 Å². The number of rotatable bonds is 3. The number of hydrogen-bond donors (Lipinski definition) is 1. The molecule has 0 saturated carbocycles. The van der Waals surface area contributed by atoms with Crippen molar-refractivity contribution in [2.45, 2.75) is 46.0 Å². The highest BCUT2D eigenvalue weighted by Gasteiger charge is 2.18. The normalized spacial score (nSPS) is 15.0. The van der Waals surface area contributed by atoms with Gasteiger partial charge in [0.2, 0.25) is 0 Å². The van der Waals surface area contributed by atoms with Crippen molar-refractivity contribution in [2.24, 2.45) is 0 Å². The monoisotopic (exact) mass is 283 g/mol. The first kappa shape index (κ1) is 13.9. The number of hydrogen-bond acceptors (Lipinski definition) is 3. The van der Waals surface area contributed by atoms with E-state index >= 15 is 0 Å². The number of fused-ring (bicyclic) bond motifs is 1. The number of benzene rings is 1. The van der Waals surface area contributed by atoms with Crippen molar-refractivity contribution in [1.29, 1.82) is 0 Å². The Morgan fingerprint density at radius 3 is 2.38 bits per heavy atom. The van der Waals surface area contributed by atoms with Crippen LogP contribution in [0.4, 0.5) is 0 Å². The zero-order chi connectivity index (χ0) is 15.0. The first-order valence-electron chi connectivity index (χ1n) is 7.54.